The summed E-state index contributed by atoms with van der Waals surface area (Å²) in [5, 5.41) is 25.0. The molecule has 144 valence electrons. The summed E-state index contributed by atoms with van der Waals surface area (Å²) in [6.07, 6.45) is -1.24. The molecule has 10 nitrogen and oxygen atoms in total. The smallest absolute Gasteiger partial charge is 0.322 e. The van der Waals surface area contributed by atoms with Gasteiger partial charge >= 0.3 is 5.97 Å². The molecule has 0 bridgehead atoms. The topological polar surface area (TPSA) is 171 Å². The minimum atomic E-state index is -1.33. The monoisotopic (exact) mass is 378 g/mol. The molecule has 0 aliphatic heterocycles. The quantitative estimate of drug-likeness (QED) is 0.205. The molecule has 7 N–H and O–H groups in total. The predicted octanol–water partition coefficient (Wildman–Crippen LogP) is -2.55. The number of carbonyl (C=O) groups is 4. The Hall–Kier alpha value is -1.85. The van der Waals surface area contributed by atoms with E-state index in [4.69, 9.17) is 10.8 Å². The van der Waals surface area contributed by atoms with Crippen LogP contribution in [0.25, 0.3) is 0 Å². The number of aliphatic hydroxyl groups excluding tert-OH is 1. The Kier molecular flexibility index (Phi) is 10.1. The molecule has 0 aliphatic rings. The Bertz CT molecular complexity index is 500. The van der Waals surface area contributed by atoms with Crippen LogP contribution in [0.2, 0.25) is 0 Å². The predicted molar refractivity (Wildman–Crippen MR) is 92.9 cm³/mol. The van der Waals surface area contributed by atoms with Crippen molar-refractivity contribution in [3.05, 3.63) is 0 Å². The summed E-state index contributed by atoms with van der Waals surface area (Å²) in [5.41, 5.74) is 5.69. The Morgan fingerprint density at radius 1 is 1.04 bits per heavy atom. The van der Waals surface area contributed by atoms with E-state index in [2.05, 4.69) is 28.6 Å². The van der Waals surface area contributed by atoms with Crippen molar-refractivity contribution in [2.24, 2.45) is 11.7 Å². The fraction of sp³-hybridized carbons (Fsp3) is 0.714. The van der Waals surface area contributed by atoms with E-state index in [1.54, 1.807) is 13.8 Å². The van der Waals surface area contributed by atoms with E-state index in [1.807, 2.05) is 0 Å². The zero-order chi connectivity index (χ0) is 19.7. The van der Waals surface area contributed by atoms with Gasteiger partial charge in [-0.2, -0.15) is 12.6 Å². The molecular formula is C14H26N4O6S. The summed E-state index contributed by atoms with van der Waals surface area (Å²) >= 11 is 3.93. The van der Waals surface area contributed by atoms with Crippen LogP contribution in [0.15, 0.2) is 0 Å². The molecule has 3 amide bonds. The molecular weight excluding hydrogens is 352 g/mol. The van der Waals surface area contributed by atoms with Gasteiger partial charge in [0.05, 0.1) is 12.1 Å². The number of amides is 3. The average molecular weight is 378 g/mol. The molecule has 4 atom stereocenters. The SMILES string of the molecule is CC(C)[C@H](N)C(=O)N[C@H](C(=O)N[C@@H](CS)C(=O)NCC(=O)O)[C@H](C)O. The van der Waals surface area contributed by atoms with Crippen LogP contribution in [-0.2, 0) is 19.2 Å². The van der Waals surface area contributed by atoms with Crippen LogP contribution >= 0.6 is 12.6 Å². The van der Waals surface area contributed by atoms with Gasteiger partial charge in [0.25, 0.3) is 0 Å². The van der Waals surface area contributed by atoms with Gasteiger partial charge in [-0.3, -0.25) is 19.2 Å². The van der Waals surface area contributed by atoms with Crippen LogP contribution < -0.4 is 21.7 Å². The van der Waals surface area contributed by atoms with Crippen molar-refractivity contribution >= 4 is 36.3 Å². The fourth-order valence-electron chi connectivity index (χ4n) is 1.70. The summed E-state index contributed by atoms with van der Waals surface area (Å²) in [4.78, 5) is 46.5. The highest BCUT2D eigenvalue weighted by Crippen LogP contribution is 2.02. The largest absolute Gasteiger partial charge is 0.480 e. The van der Waals surface area contributed by atoms with Crippen molar-refractivity contribution in [3.8, 4) is 0 Å². The first-order valence-electron chi connectivity index (χ1n) is 7.66. The maximum absolute atomic E-state index is 12.3. The summed E-state index contributed by atoms with van der Waals surface area (Å²) in [7, 11) is 0. The zero-order valence-corrected chi connectivity index (χ0v) is 15.2. The number of nitrogens with one attached hydrogen (secondary N) is 3. The maximum atomic E-state index is 12.3. The number of carbonyl (C=O) groups excluding carboxylic acids is 3. The Balaban J connectivity index is 4.94. The number of hydrogen-bond donors (Lipinski definition) is 7. The Labute approximate surface area is 151 Å². The fourth-order valence-corrected chi connectivity index (χ4v) is 1.96. The molecule has 0 heterocycles. The number of aliphatic carboxylic acids is 1. The van der Waals surface area contributed by atoms with E-state index < -0.39 is 54.5 Å². The third-order valence-corrected chi connectivity index (χ3v) is 3.68. The van der Waals surface area contributed by atoms with E-state index in [0.717, 1.165) is 0 Å². The van der Waals surface area contributed by atoms with Crippen LogP contribution in [0.4, 0.5) is 0 Å². The van der Waals surface area contributed by atoms with Crippen LogP contribution in [0.3, 0.4) is 0 Å². The van der Waals surface area contributed by atoms with Crippen molar-refractivity contribution in [1.29, 1.82) is 0 Å². The van der Waals surface area contributed by atoms with Gasteiger partial charge in [0.1, 0.15) is 18.6 Å². The lowest BCUT2D eigenvalue weighted by Crippen LogP contribution is -2.60. The molecule has 0 radical (unpaired) electrons. The van der Waals surface area contributed by atoms with Crippen molar-refractivity contribution in [2.75, 3.05) is 12.3 Å². The molecule has 11 heteroatoms. The van der Waals surface area contributed by atoms with Gasteiger partial charge in [0.15, 0.2) is 0 Å². The van der Waals surface area contributed by atoms with Gasteiger partial charge in [0, 0.05) is 5.75 Å². The van der Waals surface area contributed by atoms with E-state index in [-0.39, 0.29) is 11.7 Å². The number of aliphatic hydroxyl groups is 1. The van der Waals surface area contributed by atoms with E-state index in [9.17, 15) is 24.3 Å². The lowest BCUT2D eigenvalue weighted by atomic mass is 10.0. The summed E-state index contributed by atoms with van der Waals surface area (Å²) in [6.45, 7) is 4.14. The first-order chi connectivity index (χ1) is 11.5. The summed E-state index contributed by atoms with van der Waals surface area (Å²) in [5.74, 6) is -3.71. The number of nitrogens with two attached hydrogens (primary N) is 1. The number of rotatable bonds is 10. The molecule has 0 saturated heterocycles. The van der Waals surface area contributed by atoms with Crippen LogP contribution in [0, 0.1) is 5.92 Å². The molecule has 0 unspecified atom stereocenters. The minimum absolute atomic E-state index is 0.108. The van der Waals surface area contributed by atoms with Crippen LogP contribution in [0.5, 0.6) is 0 Å². The Morgan fingerprint density at radius 3 is 2.00 bits per heavy atom. The highest BCUT2D eigenvalue weighted by atomic mass is 32.1. The molecule has 0 rings (SSSR count). The van der Waals surface area contributed by atoms with Gasteiger partial charge in [0.2, 0.25) is 17.7 Å². The molecule has 0 aromatic carbocycles. The minimum Gasteiger partial charge on any atom is -0.480 e. The molecule has 0 fully saturated rings. The lowest BCUT2D eigenvalue weighted by Gasteiger charge is -2.25. The molecule has 0 saturated carbocycles. The van der Waals surface area contributed by atoms with Gasteiger partial charge in [-0.25, -0.2) is 0 Å². The highest BCUT2D eigenvalue weighted by Gasteiger charge is 2.31. The second-order valence-corrected chi connectivity index (χ2v) is 6.22. The zero-order valence-electron chi connectivity index (χ0n) is 14.4. The third kappa shape index (κ3) is 8.18. The first kappa shape index (κ1) is 23.1. The first-order valence-corrected chi connectivity index (χ1v) is 8.29. The van der Waals surface area contributed by atoms with Crippen molar-refractivity contribution in [1.82, 2.24) is 16.0 Å². The molecule has 0 aromatic rings. The van der Waals surface area contributed by atoms with Crippen molar-refractivity contribution in [3.63, 3.8) is 0 Å². The third-order valence-electron chi connectivity index (χ3n) is 3.31. The lowest BCUT2D eigenvalue weighted by molar-refractivity contribution is -0.138. The average Bonchev–Trinajstić information content (AvgIpc) is 2.53. The van der Waals surface area contributed by atoms with Crippen molar-refractivity contribution < 1.29 is 29.4 Å². The normalized spacial score (nSPS) is 15.6. The maximum Gasteiger partial charge on any atom is 0.322 e. The van der Waals surface area contributed by atoms with E-state index in [1.165, 1.54) is 6.92 Å². The summed E-state index contributed by atoms with van der Waals surface area (Å²) < 4.78 is 0. The van der Waals surface area contributed by atoms with Gasteiger partial charge in [-0.05, 0) is 12.8 Å². The number of hydrogen-bond acceptors (Lipinski definition) is 7. The standard InChI is InChI=1S/C14H26N4O6S/c1-6(2)10(15)13(23)18-11(7(3)19)14(24)17-8(5-25)12(22)16-4-9(20)21/h6-8,10-11,19,25H,4-5,15H2,1-3H3,(H,16,22)(H,17,24)(H,18,23)(H,20,21)/t7-,8-,10-,11-/m0/s1. The summed E-state index contributed by atoms with van der Waals surface area (Å²) in [6, 6.07) is -3.33. The molecule has 0 aromatic heterocycles. The number of carboxylic acids is 1. The van der Waals surface area contributed by atoms with Crippen molar-refractivity contribution in [2.45, 2.75) is 45.0 Å². The molecule has 0 spiro atoms. The number of carboxylic acid groups (broad SMARTS) is 1. The second kappa shape index (κ2) is 10.9. The second-order valence-electron chi connectivity index (χ2n) is 5.85. The van der Waals surface area contributed by atoms with Gasteiger partial charge < -0.3 is 31.9 Å². The van der Waals surface area contributed by atoms with Crippen LogP contribution in [-0.4, -0.2) is 70.4 Å². The van der Waals surface area contributed by atoms with E-state index >= 15 is 0 Å². The highest BCUT2D eigenvalue weighted by molar-refractivity contribution is 7.80. The number of thiol groups is 1. The molecule has 0 aliphatic carbocycles. The van der Waals surface area contributed by atoms with Gasteiger partial charge in [-0.1, -0.05) is 13.8 Å². The van der Waals surface area contributed by atoms with E-state index in [0.29, 0.717) is 0 Å². The molecule has 25 heavy (non-hydrogen) atoms. The van der Waals surface area contributed by atoms with Gasteiger partial charge in [-0.15, -0.1) is 0 Å². The Morgan fingerprint density at radius 2 is 1.60 bits per heavy atom. The van der Waals surface area contributed by atoms with Crippen LogP contribution in [0.1, 0.15) is 20.8 Å².